The molecule has 2 rings (SSSR count). The molecule has 2 fully saturated rings. The van der Waals surface area contributed by atoms with Gasteiger partial charge in [-0.15, -0.1) is 0 Å². The standard InChI is InChI=1S/C14H27NO/c1-5-7-10(6-2)15-12-11-8-9-16-13(11)14(12,3)4/h10-13,15H,5-9H2,1-4H3. The van der Waals surface area contributed by atoms with Crippen LogP contribution in [0.1, 0.15) is 53.4 Å². The SMILES string of the molecule is CCCC(CC)NC1C2CCOC2C1(C)C. The van der Waals surface area contributed by atoms with Gasteiger partial charge in [0.2, 0.25) is 0 Å². The fourth-order valence-corrected chi connectivity index (χ4v) is 3.67. The van der Waals surface area contributed by atoms with E-state index in [0.717, 1.165) is 12.5 Å². The summed E-state index contributed by atoms with van der Waals surface area (Å²) in [5.74, 6) is 0.779. The van der Waals surface area contributed by atoms with E-state index in [0.29, 0.717) is 23.6 Å². The molecular weight excluding hydrogens is 198 g/mol. The van der Waals surface area contributed by atoms with Crippen molar-refractivity contribution in [2.24, 2.45) is 11.3 Å². The Morgan fingerprint density at radius 2 is 2.12 bits per heavy atom. The van der Waals surface area contributed by atoms with Crippen molar-refractivity contribution in [1.29, 1.82) is 0 Å². The molecule has 1 aliphatic heterocycles. The van der Waals surface area contributed by atoms with Crippen molar-refractivity contribution in [3.63, 3.8) is 0 Å². The number of hydrogen-bond acceptors (Lipinski definition) is 2. The quantitative estimate of drug-likeness (QED) is 0.776. The lowest BCUT2D eigenvalue weighted by atomic mass is 9.57. The van der Waals surface area contributed by atoms with Crippen molar-refractivity contribution in [1.82, 2.24) is 5.32 Å². The molecule has 2 heteroatoms. The normalized spacial score (nSPS) is 37.9. The average Bonchev–Trinajstić information content (AvgIpc) is 2.70. The Morgan fingerprint density at radius 1 is 1.38 bits per heavy atom. The van der Waals surface area contributed by atoms with Crippen LogP contribution in [-0.2, 0) is 4.74 Å². The molecule has 1 heterocycles. The third-order valence-corrected chi connectivity index (χ3v) is 4.65. The molecule has 0 aromatic carbocycles. The molecule has 94 valence electrons. The highest BCUT2D eigenvalue weighted by Crippen LogP contribution is 2.52. The Hall–Kier alpha value is -0.0800. The zero-order valence-electron chi connectivity index (χ0n) is 11.3. The minimum atomic E-state index is 0.336. The van der Waals surface area contributed by atoms with Crippen LogP contribution in [-0.4, -0.2) is 24.8 Å². The number of nitrogens with one attached hydrogen (secondary N) is 1. The lowest BCUT2D eigenvalue weighted by molar-refractivity contribution is -0.115. The first kappa shape index (κ1) is 12.4. The van der Waals surface area contributed by atoms with Crippen molar-refractivity contribution in [2.75, 3.05) is 6.61 Å². The summed E-state index contributed by atoms with van der Waals surface area (Å²) >= 11 is 0. The summed E-state index contributed by atoms with van der Waals surface area (Å²) in [6.07, 6.45) is 5.61. The van der Waals surface area contributed by atoms with E-state index in [1.54, 1.807) is 0 Å². The maximum absolute atomic E-state index is 5.83. The first-order valence-electron chi connectivity index (χ1n) is 6.98. The molecule has 4 unspecified atom stereocenters. The lowest BCUT2D eigenvalue weighted by Crippen LogP contribution is -2.67. The highest BCUT2D eigenvalue weighted by Gasteiger charge is 2.59. The molecule has 1 aliphatic carbocycles. The maximum atomic E-state index is 5.83. The molecule has 2 nitrogen and oxygen atoms in total. The van der Waals surface area contributed by atoms with E-state index in [2.05, 4.69) is 33.0 Å². The minimum absolute atomic E-state index is 0.336. The van der Waals surface area contributed by atoms with Gasteiger partial charge in [-0.3, -0.25) is 0 Å². The molecule has 2 aliphatic rings. The number of rotatable bonds is 5. The lowest BCUT2D eigenvalue weighted by Gasteiger charge is -2.56. The first-order chi connectivity index (χ1) is 7.61. The van der Waals surface area contributed by atoms with E-state index < -0.39 is 0 Å². The summed E-state index contributed by atoms with van der Waals surface area (Å²) in [6, 6.07) is 1.38. The minimum Gasteiger partial charge on any atom is -0.377 e. The van der Waals surface area contributed by atoms with Crippen molar-refractivity contribution >= 4 is 0 Å². The maximum Gasteiger partial charge on any atom is 0.0685 e. The molecule has 0 aromatic heterocycles. The number of fused-ring (bicyclic) bond motifs is 1. The Balaban J connectivity index is 1.94. The second kappa shape index (κ2) is 4.66. The predicted molar refractivity (Wildman–Crippen MR) is 67.5 cm³/mol. The van der Waals surface area contributed by atoms with E-state index in [1.165, 1.54) is 25.7 Å². The average molecular weight is 225 g/mol. The van der Waals surface area contributed by atoms with Crippen LogP contribution in [0.2, 0.25) is 0 Å². The van der Waals surface area contributed by atoms with Gasteiger partial charge in [0.1, 0.15) is 0 Å². The molecule has 4 atom stereocenters. The summed E-state index contributed by atoms with van der Waals surface area (Å²) in [7, 11) is 0. The highest BCUT2D eigenvalue weighted by atomic mass is 16.5. The van der Waals surface area contributed by atoms with Crippen LogP contribution in [0, 0.1) is 11.3 Å². The largest absolute Gasteiger partial charge is 0.377 e. The van der Waals surface area contributed by atoms with E-state index in [4.69, 9.17) is 4.74 Å². The van der Waals surface area contributed by atoms with Gasteiger partial charge in [-0.05, 0) is 19.3 Å². The van der Waals surface area contributed by atoms with Crippen molar-refractivity contribution in [3.05, 3.63) is 0 Å². The molecule has 0 radical (unpaired) electrons. The van der Waals surface area contributed by atoms with E-state index in [1.807, 2.05) is 0 Å². The fourth-order valence-electron chi connectivity index (χ4n) is 3.67. The molecule has 0 aromatic rings. The zero-order chi connectivity index (χ0) is 11.8. The third kappa shape index (κ3) is 1.91. The summed E-state index contributed by atoms with van der Waals surface area (Å²) in [5.41, 5.74) is 0.336. The molecule has 16 heavy (non-hydrogen) atoms. The number of ether oxygens (including phenoxy) is 1. The Kier molecular flexibility index (Phi) is 3.60. The van der Waals surface area contributed by atoms with Gasteiger partial charge in [-0.1, -0.05) is 34.1 Å². The van der Waals surface area contributed by atoms with Crippen LogP contribution < -0.4 is 5.32 Å². The van der Waals surface area contributed by atoms with Gasteiger partial charge < -0.3 is 10.1 Å². The summed E-state index contributed by atoms with van der Waals surface area (Å²) in [5, 5.41) is 3.89. The van der Waals surface area contributed by atoms with Gasteiger partial charge in [-0.2, -0.15) is 0 Å². The van der Waals surface area contributed by atoms with E-state index in [9.17, 15) is 0 Å². The van der Waals surface area contributed by atoms with E-state index >= 15 is 0 Å². The molecular formula is C14H27NO. The van der Waals surface area contributed by atoms with Crippen molar-refractivity contribution in [3.8, 4) is 0 Å². The Bertz CT molecular complexity index is 239. The van der Waals surface area contributed by atoms with Gasteiger partial charge in [0, 0.05) is 30.0 Å². The van der Waals surface area contributed by atoms with Crippen molar-refractivity contribution in [2.45, 2.75) is 71.6 Å². The van der Waals surface area contributed by atoms with Crippen LogP contribution in [0.3, 0.4) is 0 Å². The Labute approximate surface area is 100 Å². The second-order valence-corrected chi connectivity index (χ2v) is 6.10. The van der Waals surface area contributed by atoms with Gasteiger partial charge in [0.25, 0.3) is 0 Å². The zero-order valence-corrected chi connectivity index (χ0v) is 11.3. The van der Waals surface area contributed by atoms with Gasteiger partial charge in [-0.25, -0.2) is 0 Å². The molecule has 1 N–H and O–H groups in total. The van der Waals surface area contributed by atoms with Crippen LogP contribution in [0.25, 0.3) is 0 Å². The fraction of sp³-hybridized carbons (Fsp3) is 1.00. The molecule has 1 saturated carbocycles. The summed E-state index contributed by atoms with van der Waals surface area (Å²) < 4.78 is 5.83. The Morgan fingerprint density at radius 3 is 2.75 bits per heavy atom. The van der Waals surface area contributed by atoms with Gasteiger partial charge in [0.15, 0.2) is 0 Å². The topological polar surface area (TPSA) is 21.3 Å². The van der Waals surface area contributed by atoms with Gasteiger partial charge in [0.05, 0.1) is 6.10 Å². The molecule has 0 amide bonds. The molecule has 0 spiro atoms. The smallest absolute Gasteiger partial charge is 0.0685 e. The van der Waals surface area contributed by atoms with Crippen LogP contribution >= 0.6 is 0 Å². The monoisotopic (exact) mass is 225 g/mol. The summed E-state index contributed by atoms with van der Waals surface area (Å²) in [6.45, 7) is 10.3. The first-order valence-corrected chi connectivity index (χ1v) is 6.98. The summed E-state index contributed by atoms with van der Waals surface area (Å²) in [4.78, 5) is 0. The molecule has 1 saturated heterocycles. The van der Waals surface area contributed by atoms with Crippen molar-refractivity contribution < 1.29 is 4.74 Å². The second-order valence-electron chi connectivity index (χ2n) is 6.10. The van der Waals surface area contributed by atoms with Gasteiger partial charge >= 0.3 is 0 Å². The highest BCUT2D eigenvalue weighted by molar-refractivity contribution is 5.11. The van der Waals surface area contributed by atoms with Crippen LogP contribution in [0.4, 0.5) is 0 Å². The van der Waals surface area contributed by atoms with Crippen LogP contribution in [0.15, 0.2) is 0 Å². The van der Waals surface area contributed by atoms with E-state index in [-0.39, 0.29) is 0 Å². The third-order valence-electron chi connectivity index (χ3n) is 4.65. The number of hydrogen-bond donors (Lipinski definition) is 1. The van der Waals surface area contributed by atoms with Crippen LogP contribution in [0.5, 0.6) is 0 Å². The molecule has 0 bridgehead atoms. The predicted octanol–water partition coefficient (Wildman–Crippen LogP) is 2.97.